The Morgan fingerprint density at radius 3 is 2.56 bits per heavy atom. The highest BCUT2D eigenvalue weighted by atomic mass is 79.9. The fourth-order valence-electron chi connectivity index (χ4n) is 2.77. The Kier molecular flexibility index (Phi) is 5.20. The summed E-state index contributed by atoms with van der Waals surface area (Å²) in [5.41, 5.74) is 4.24. The minimum Gasteiger partial charge on any atom is -0.351 e. The minimum absolute atomic E-state index is 0.158. The maximum atomic E-state index is 12.9. The molecule has 0 unspecified atom stereocenters. The lowest BCUT2D eigenvalue weighted by Gasteiger charge is -2.30. The predicted octanol–water partition coefficient (Wildman–Crippen LogP) is 4.19. The second-order valence-electron chi connectivity index (χ2n) is 5.95. The summed E-state index contributed by atoms with van der Waals surface area (Å²) >= 11 is 8.76. The number of anilines is 1. The molecule has 1 aliphatic heterocycles. The Morgan fingerprint density at radius 1 is 1.16 bits per heavy atom. The van der Waals surface area contributed by atoms with E-state index in [1.807, 2.05) is 62.4 Å². The van der Waals surface area contributed by atoms with Crippen molar-refractivity contribution in [3.63, 3.8) is 0 Å². The van der Waals surface area contributed by atoms with E-state index in [0.29, 0.717) is 10.7 Å². The maximum Gasteiger partial charge on any atom is 0.255 e. The molecule has 2 aromatic rings. The minimum atomic E-state index is -0.309. The summed E-state index contributed by atoms with van der Waals surface area (Å²) in [5.74, 6) is -0.158. The number of amides is 1. The highest BCUT2D eigenvalue weighted by Crippen LogP contribution is 2.29. The van der Waals surface area contributed by atoms with Crippen molar-refractivity contribution < 1.29 is 4.79 Å². The standard InChI is InChI=1S/C19H18BrN3OS/c1-11-6-8-15(9-7-11)22-18(24)16-12(2)21-19(25)23-17(16)13-4-3-5-14(20)10-13/h3-10,17H,1-2H3,(H,22,24)(H2,21,23,25)/t17-/m0/s1. The Morgan fingerprint density at radius 2 is 1.88 bits per heavy atom. The van der Waals surface area contributed by atoms with Crippen LogP contribution < -0.4 is 16.0 Å². The number of halogens is 1. The molecule has 3 rings (SSSR count). The number of allylic oxidation sites excluding steroid dienone is 1. The molecule has 0 spiro atoms. The van der Waals surface area contributed by atoms with Crippen molar-refractivity contribution in [1.82, 2.24) is 10.6 Å². The van der Waals surface area contributed by atoms with E-state index in [-0.39, 0.29) is 11.9 Å². The molecule has 2 aromatic carbocycles. The zero-order valence-corrected chi connectivity index (χ0v) is 16.3. The summed E-state index contributed by atoms with van der Waals surface area (Å²) < 4.78 is 0.951. The number of nitrogens with one attached hydrogen (secondary N) is 3. The predicted molar refractivity (Wildman–Crippen MR) is 108 cm³/mol. The van der Waals surface area contributed by atoms with Crippen LogP contribution in [-0.2, 0) is 4.79 Å². The molecule has 0 saturated carbocycles. The Balaban J connectivity index is 1.94. The molecular formula is C19H18BrN3OS. The molecule has 1 amide bonds. The largest absolute Gasteiger partial charge is 0.351 e. The van der Waals surface area contributed by atoms with Crippen LogP contribution in [0.2, 0.25) is 0 Å². The number of thiocarbonyl (C=S) groups is 1. The number of carbonyl (C=O) groups is 1. The van der Waals surface area contributed by atoms with Gasteiger partial charge >= 0.3 is 0 Å². The van der Waals surface area contributed by atoms with Gasteiger partial charge in [-0.25, -0.2) is 0 Å². The van der Waals surface area contributed by atoms with E-state index in [4.69, 9.17) is 12.2 Å². The molecule has 0 bridgehead atoms. The van der Waals surface area contributed by atoms with Crippen molar-refractivity contribution in [2.24, 2.45) is 0 Å². The smallest absolute Gasteiger partial charge is 0.255 e. The van der Waals surface area contributed by atoms with Gasteiger partial charge in [-0.3, -0.25) is 4.79 Å². The lowest BCUT2D eigenvalue weighted by molar-refractivity contribution is -0.113. The monoisotopic (exact) mass is 415 g/mol. The summed E-state index contributed by atoms with van der Waals surface area (Å²) in [6.07, 6.45) is 0. The van der Waals surface area contributed by atoms with Gasteiger partial charge in [0.2, 0.25) is 0 Å². The molecule has 1 heterocycles. The Labute approximate surface area is 160 Å². The van der Waals surface area contributed by atoms with Crippen LogP contribution in [0.15, 0.2) is 64.3 Å². The molecule has 0 radical (unpaired) electrons. The molecule has 4 nitrogen and oxygen atoms in total. The van der Waals surface area contributed by atoms with Crippen LogP contribution in [0, 0.1) is 6.92 Å². The van der Waals surface area contributed by atoms with Crippen LogP contribution in [0.4, 0.5) is 5.69 Å². The van der Waals surface area contributed by atoms with Crippen molar-refractivity contribution in [2.75, 3.05) is 5.32 Å². The first-order valence-corrected chi connectivity index (χ1v) is 9.06. The molecule has 1 aliphatic rings. The molecule has 128 valence electrons. The molecular weight excluding hydrogens is 398 g/mol. The Bertz CT molecular complexity index is 861. The highest BCUT2D eigenvalue weighted by molar-refractivity contribution is 9.10. The van der Waals surface area contributed by atoms with E-state index in [1.54, 1.807) is 0 Å². The third-order valence-electron chi connectivity index (χ3n) is 4.01. The average Bonchev–Trinajstić information content (AvgIpc) is 2.56. The lowest BCUT2D eigenvalue weighted by atomic mass is 9.95. The summed E-state index contributed by atoms with van der Waals surface area (Å²) in [6, 6.07) is 15.3. The van der Waals surface area contributed by atoms with Crippen LogP contribution >= 0.6 is 28.1 Å². The number of hydrogen-bond donors (Lipinski definition) is 3. The van der Waals surface area contributed by atoms with E-state index in [1.165, 1.54) is 0 Å². The van der Waals surface area contributed by atoms with Crippen LogP contribution in [0.25, 0.3) is 0 Å². The topological polar surface area (TPSA) is 53.2 Å². The third-order valence-corrected chi connectivity index (χ3v) is 4.72. The van der Waals surface area contributed by atoms with Crippen molar-refractivity contribution in [2.45, 2.75) is 19.9 Å². The molecule has 25 heavy (non-hydrogen) atoms. The zero-order chi connectivity index (χ0) is 18.0. The van der Waals surface area contributed by atoms with Gasteiger partial charge in [0.1, 0.15) is 0 Å². The fraction of sp³-hybridized carbons (Fsp3) is 0.158. The van der Waals surface area contributed by atoms with Crippen LogP contribution in [0.3, 0.4) is 0 Å². The molecule has 0 fully saturated rings. The van der Waals surface area contributed by atoms with Gasteiger partial charge in [-0.05, 0) is 55.9 Å². The first kappa shape index (κ1) is 17.6. The second kappa shape index (κ2) is 7.37. The fourth-order valence-corrected chi connectivity index (χ4v) is 3.45. The number of aryl methyl sites for hydroxylation is 1. The quantitative estimate of drug-likeness (QED) is 0.657. The number of rotatable bonds is 3. The number of hydrogen-bond acceptors (Lipinski definition) is 2. The average molecular weight is 416 g/mol. The highest BCUT2D eigenvalue weighted by Gasteiger charge is 2.29. The Hall–Kier alpha value is -2.18. The summed E-state index contributed by atoms with van der Waals surface area (Å²) in [6.45, 7) is 3.87. The molecule has 3 N–H and O–H groups in total. The second-order valence-corrected chi connectivity index (χ2v) is 7.27. The summed E-state index contributed by atoms with van der Waals surface area (Å²) in [7, 11) is 0. The number of benzene rings is 2. The van der Waals surface area contributed by atoms with E-state index in [2.05, 4.69) is 31.9 Å². The zero-order valence-electron chi connectivity index (χ0n) is 13.9. The lowest BCUT2D eigenvalue weighted by Crippen LogP contribution is -2.45. The van der Waals surface area contributed by atoms with Crippen LogP contribution in [0.1, 0.15) is 24.1 Å². The van der Waals surface area contributed by atoms with Crippen molar-refractivity contribution in [3.05, 3.63) is 75.4 Å². The van der Waals surface area contributed by atoms with Gasteiger partial charge < -0.3 is 16.0 Å². The molecule has 0 aromatic heterocycles. The van der Waals surface area contributed by atoms with Gasteiger partial charge in [0.25, 0.3) is 5.91 Å². The van der Waals surface area contributed by atoms with Crippen molar-refractivity contribution in [3.8, 4) is 0 Å². The molecule has 6 heteroatoms. The number of carbonyl (C=O) groups excluding carboxylic acids is 1. The van der Waals surface area contributed by atoms with E-state index in [0.717, 1.165) is 27.0 Å². The van der Waals surface area contributed by atoms with Gasteiger partial charge in [0.05, 0.1) is 11.6 Å². The van der Waals surface area contributed by atoms with Gasteiger partial charge in [-0.15, -0.1) is 0 Å². The van der Waals surface area contributed by atoms with Gasteiger partial charge in [0.15, 0.2) is 5.11 Å². The first-order chi connectivity index (χ1) is 11.9. The van der Waals surface area contributed by atoms with E-state index < -0.39 is 0 Å². The van der Waals surface area contributed by atoms with Gasteiger partial charge in [-0.1, -0.05) is 45.8 Å². The van der Waals surface area contributed by atoms with Crippen LogP contribution in [0.5, 0.6) is 0 Å². The van der Waals surface area contributed by atoms with E-state index >= 15 is 0 Å². The van der Waals surface area contributed by atoms with Crippen LogP contribution in [-0.4, -0.2) is 11.0 Å². The first-order valence-electron chi connectivity index (χ1n) is 7.86. The normalized spacial score (nSPS) is 16.9. The van der Waals surface area contributed by atoms with E-state index in [9.17, 15) is 4.79 Å². The maximum absolute atomic E-state index is 12.9. The van der Waals surface area contributed by atoms with Gasteiger partial charge in [-0.2, -0.15) is 0 Å². The molecule has 0 saturated heterocycles. The summed E-state index contributed by atoms with van der Waals surface area (Å²) in [4.78, 5) is 12.9. The third kappa shape index (κ3) is 4.08. The SMILES string of the molecule is CC1=C(C(=O)Nc2ccc(C)cc2)[C@H](c2cccc(Br)c2)NC(=S)N1. The molecule has 0 aliphatic carbocycles. The van der Waals surface area contributed by atoms with Crippen molar-refractivity contribution >= 4 is 44.9 Å². The molecule has 1 atom stereocenters. The van der Waals surface area contributed by atoms with Crippen molar-refractivity contribution in [1.29, 1.82) is 0 Å². The van der Waals surface area contributed by atoms with Gasteiger partial charge in [0, 0.05) is 15.9 Å². The summed E-state index contributed by atoms with van der Waals surface area (Å²) in [5, 5.41) is 9.72.